The maximum absolute atomic E-state index is 12.8. The predicted molar refractivity (Wildman–Crippen MR) is 96.1 cm³/mol. The summed E-state index contributed by atoms with van der Waals surface area (Å²) >= 11 is 0. The molecule has 0 spiro atoms. The number of H-pyrrole nitrogens is 1. The molecule has 25 heavy (non-hydrogen) atoms. The molecule has 1 amide bonds. The second kappa shape index (κ2) is 6.82. The van der Waals surface area contributed by atoms with Gasteiger partial charge in [-0.1, -0.05) is 20.8 Å². The third kappa shape index (κ3) is 3.97. The number of aromatic nitrogens is 4. The highest BCUT2D eigenvalue weighted by molar-refractivity contribution is 5.92. The van der Waals surface area contributed by atoms with Gasteiger partial charge in [0.25, 0.3) is 5.91 Å². The van der Waals surface area contributed by atoms with E-state index in [4.69, 9.17) is 5.73 Å². The first-order valence-electron chi connectivity index (χ1n) is 8.75. The van der Waals surface area contributed by atoms with E-state index in [9.17, 15) is 4.79 Å². The molecule has 3 N–H and O–H groups in total. The van der Waals surface area contributed by atoms with Crippen LogP contribution in [0.3, 0.4) is 0 Å². The first kappa shape index (κ1) is 17.4. The molecule has 7 nitrogen and oxygen atoms in total. The van der Waals surface area contributed by atoms with Crippen molar-refractivity contribution in [2.45, 2.75) is 45.4 Å². The maximum Gasteiger partial charge on any atom is 0.274 e. The molecule has 0 aromatic carbocycles. The van der Waals surface area contributed by atoms with Gasteiger partial charge < -0.3 is 10.6 Å². The smallest absolute Gasteiger partial charge is 0.274 e. The third-order valence-corrected chi connectivity index (χ3v) is 4.70. The van der Waals surface area contributed by atoms with E-state index < -0.39 is 0 Å². The van der Waals surface area contributed by atoms with E-state index in [2.05, 4.69) is 40.9 Å². The SMILES string of the molecule is CC(C)(C)c1cc(C(=O)N2CCCC(Cc3nccnc3N)C2)n[nH]1. The highest BCUT2D eigenvalue weighted by Crippen LogP contribution is 2.24. The number of rotatable bonds is 3. The average Bonchev–Trinajstić information content (AvgIpc) is 3.07. The lowest BCUT2D eigenvalue weighted by atomic mass is 9.91. The Morgan fingerprint density at radius 2 is 2.12 bits per heavy atom. The van der Waals surface area contributed by atoms with Crippen molar-refractivity contribution in [3.8, 4) is 0 Å². The zero-order chi connectivity index (χ0) is 18.0. The highest BCUT2D eigenvalue weighted by Gasteiger charge is 2.28. The van der Waals surface area contributed by atoms with Crippen LogP contribution >= 0.6 is 0 Å². The number of piperidine rings is 1. The minimum absolute atomic E-state index is 0.0106. The van der Waals surface area contributed by atoms with Crippen LogP contribution in [0.4, 0.5) is 5.82 Å². The fraction of sp³-hybridized carbons (Fsp3) is 0.556. The number of hydrogen-bond donors (Lipinski definition) is 2. The van der Waals surface area contributed by atoms with Gasteiger partial charge in [0.2, 0.25) is 0 Å². The largest absolute Gasteiger partial charge is 0.382 e. The monoisotopic (exact) mass is 342 g/mol. The molecule has 2 aromatic rings. The van der Waals surface area contributed by atoms with Crippen molar-refractivity contribution in [2.24, 2.45) is 5.92 Å². The number of likely N-dealkylation sites (tertiary alicyclic amines) is 1. The first-order valence-corrected chi connectivity index (χ1v) is 8.75. The highest BCUT2D eigenvalue weighted by atomic mass is 16.2. The van der Waals surface area contributed by atoms with Crippen LogP contribution in [-0.2, 0) is 11.8 Å². The van der Waals surface area contributed by atoms with Gasteiger partial charge >= 0.3 is 0 Å². The van der Waals surface area contributed by atoms with E-state index in [0.717, 1.165) is 37.2 Å². The van der Waals surface area contributed by atoms with E-state index in [1.54, 1.807) is 12.4 Å². The lowest BCUT2D eigenvalue weighted by Gasteiger charge is -2.32. The van der Waals surface area contributed by atoms with Crippen LogP contribution < -0.4 is 5.73 Å². The maximum atomic E-state index is 12.8. The number of amides is 1. The molecule has 1 fully saturated rings. The Hall–Kier alpha value is -2.44. The molecule has 3 heterocycles. The summed E-state index contributed by atoms with van der Waals surface area (Å²) in [5.74, 6) is 0.814. The number of aromatic amines is 1. The molecule has 1 aliphatic rings. The molecule has 1 aliphatic heterocycles. The Bertz CT molecular complexity index is 748. The fourth-order valence-corrected chi connectivity index (χ4v) is 3.20. The summed E-state index contributed by atoms with van der Waals surface area (Å²) in [6, 6.07) is 1.87. The van der Waals surface area contributed by atoms with Crippen LogP contribution in [0, 0.1) is 5.92 Å². The Morgan fingerprint density at radius 1 is 1.36 bits per heavy atom. The van der Waals surface area contributed by atoms with Crippen molar-refractivity contribution < 1.29 is 4.79 Å². The van der Waals surface area contributed by atoms with Gasteiger partial charge in [0.1, 0.15) is 11.5 Å². The lowest BCUT2D eigenvalue weighted by molar-refractivity contribution is 0.0667. The molecule has 2 aromatic heterocycles. The van der Waals surface area contributed by atoms with E-state index in [-0.39, 0.29) is 11.3 Å². The number of nitrogen functional groups attached to an aromatic ring is 1. The standard InChI is InChI=1S/C18H26N6O/c1-18(2,3)15-10-14(22-23-15)17(25)24-8-4-5-12(11-24)9-13-16(19)21-7-6-20-13/h6-7,10,12H,4-5,8-9,11H2,1-3H3,(H2,19,21)(H,22,23). The molecule has 0 bridgehead atoms. The zero-order valence-corrected chi connectivity index (χ0v) is 15.1. The van der Waals surface area contributed by atoms with Crippen LogP contribution in [0.25, 0.3) is 0 Å². The van der Waals surface area contributed by atoms with Crippen LogP contribution in [0.15, 0.2) is 18.5 Å². The molecule has 134 valence electrons. The van der Waals surface area contributed by atoms with Crippen LogP contribution in [0.2, 0.25) is 0 Å². The third-order valence-electron chi connectivity index (χ3n) is 4.70. The van der Waals surface area contributed by atoms with Gasteiger partial charge in [0.15, 0.2) is 0 Å². The number of carbonyl (C=O) groups is 1. The Kier molecular flexibility index (Phi) is 4.74. The van der Waals surface area contributed by atoms with Gasteiger partial charge in [-0.2, -0.15) is 5.10 Å². The molecular weight excluding hydrogens is 316 g/mol. The van der Waals surface area contributed by atoms with Crippen molar-refractivity contribution in [3.05, 3.63) is 35.5 Å². The molecule has 0 saturated carbocycles. The molecule has 7 heteroatoms. The number of carbonyl (C=O) groups excluding carboxylic acids is 1. The second-order valence-electron chi connectivity index (χ2n) is 7.77. The van der Waals surface area contributed by atoms with E-state index in [1.807, 2.05) is 11.0 Å². The van der Waals surface area contributed by atoms with Gasteiger partial charge in [0.05, 0.1) is 5.69 Å². The molecule has 0 aliphatic carbocycles. The van der Waals surface area contributed by atoms with Gasteiger partial charge in [-0.3, -0.25) is 14.9 Å². The molecule has 1 atom stereocenters. The van der Waals surface area contributed by atoms with Gasteiger partial charge in [-0.25, -0.2) is 4.98 Å². The van der Waals surface area contributed by atoms with Crippen molar-refractivity contribution in [3.63, 3.8) is 0 Å². The van der Waals surface area contributed by atoms with Crippen LogP contribution in [0.1, 0.15) is 55.5 Å². The number of nitrogens with two attached hydrogens (primary N) is 1. The summed E-state index contributed by atoms with van der Waals surface area (Å²) in [5, 5.41) is 7.21. The molecule has 3 rings (SSSR count). The predicted octanol–water partition coefficient (Wildman–Crippen LogP) is 2.17. The minimum Gasteiger partial charge on any atom is -0.382 e. The number of nitrogens with one attached hydrogen (secondary N) is 1. The minimum atomic E-state index is -0.0561. The van der Waals surface area contributed by atoms with Crippen LogP contribution in [0.5, 0.6) is 0 Å². The summed E-state index contributed by atoms with van der Waals surface area (Å²) in [4.78, 5) is 23.1. The van der Waals surface area contributed by atoms with Gasteiger partial charge in [0, 0.05) is 36.6 Å². The summed E-state index contributed by atoms with van der Waals surface area (Å²) in [6.07, 6.45) is 6.05. The summed E-state index contributed by atoms with van der Waals surface area (Å²) in [5.41, 5.74) is 8.12. The fourth-order valence-electron chi connectivity index (χ4n) is 3.20. The van der Waals surface area contributed by atoms with Crippen molar-refractivity contribution >= 4 is 11.7 Å². The summed E-state index contributed by atoms with van der Waals surface area (Å²) in [7, 11) is 0. The Balaban J connectivity index is 1.67. The average molecular weight is 342 g/mol. The Labute approximate surface area is 148 Å². The number of anilines is 1. The normalized spacial score (nSPS) is 18.4. The molecule has 1 saturated heterocycles. The molecule has 1 unspecified atom stereocenters. The molecular formula is C18H26N6O. The first-order chi connectivity index (χ1) is 11.8. The number of hydrogen-bond acceptors (Lipinski definition) is 5. The lowest BCUT2D eigenvalue weighted by Crippen LogP contribution is -2.40. The quantitative estimate of drug-likeness (QED) is 0.890. The summed E-state index contributed by atoms with van der Waals surface area (Å²) < 4.78 is 0. The van der Waals surface area contributed by atoms with Crippen LogP contribution in [-0.4, -0.2) is 44.1 Å². The topological polar surface area (TPSA) is 101 Å². The summed E-state index contributed by atoms with van der Waals surface area (Å²) in [6.45, 7) is 7.75. The Morgan fingerprint density at radius 3 is 2.80 bits per heavy atom. The van der Waals surface area contributed by atoms with Crippen molar-refractivity contribution in [1.29, 1.82) is 0 Å². The van der Waals surface area contributed by atoms with Gasteiger partial charge in [-0.15, -0.1) is 0 Å². The van der Waals surface area contributed by atoms with E-state index in [0.29, 0.717) is 24.0 Å². The zero-order valence-electron chi connectivity index (χ0n) is 15.1. The van der Waals surface area contributed by atoms with Crippen molar-refractivity contribution in [2.75, 3.05) is 18.8 Å². The van der Waals surface area contributed by atoms with E-state index >= 15 is 0 Å². The number of nitrogens with zero attached hydrogens (tertiary/aromatic N) is 4. The second-order valence-corrected chi connectivity index (χ2v) is 7.77. The molecule has 0 radical (unpaired) electrons. The van der Waals surface area contributed by atoms with Gasteiger partial charge in [-0.05, 0) is 31.2 Å². The van der Waals surface area contributed by atoms with E-state index in [1.165, 1.54) is 0 Å². The van der Waals surface area contributed by atoms with Crippen molar-refractivity contribution in [1.82, 2.24) is 25.1 Å².